The predicted molar refractivity (Wildman–Crippen MR) is 76.8 cm³/mol. The van der Waals surface area contributed by atoms with Crippen LogP contribution in [0.1, 0.15) is 4.88 Å². The van der Waals surface area contributed by atoms with E-state index in [0.29, 0.717) is 12.4 Å². The Morgan fingerprint density at radius 1 is 1.37 bits per heavy atom. The number of aromatic nitrogens is 1. The zero-order valence-corrected chi connectivity index (χ0v) is 12.3. The zero-order valence-electron chi connectivity index (χ0n) is 10.7. The number of nitrogens with one attached hydrogen (secondary N) is 1. The second-order valence-electron chi connectivity index (χ2n) is 3.94. The van der Waals surface area contributed by atoms with Crippen molar-refractivity contribution >= 4 is 27.2 Å². The minimum absolute atomic E-state index is 0.191. The zero-order chi connectivity index (χ0) is 13.9. The van der Waals surface area contributed by atoms with E-state index in [2.05, 4.69) is 10.3 Å². The van der Waals surface area contributed by atoms with Crippen LogP contribution in [0.3, 0.4) is 0 Å². The van der Waals surface area contributed by atoms with Crippen molar-refractivity contribution in [3.05, 3.63) is 40.7 Å². The van der Waals surface area contributed by atoms with Gasteiger partial charge in [-0.1, -0.05) is 6.07 Å². The van der Waals surface area contributed by atoms with E-state index in [0.717, 1.165) is 4.88 Å². The van der Waals surface area contributed by atoms with Crippen LogP contribution in [0.25, 0.3) is 0 Å². The molecule has 0 aliphatic rings. The molecule has 19 heavy (non-hydrogen) atoms. The molecule has 0 aliphatic heterocycles. The van der Waals surface area contributed by atoms with Gasteiger partial charge in [0.15, 0.2) is 0 Å². The SMILES string of the molecule is CNc1ncccc1S(=O)(=O)N(C)Cc1cccs1. The van der Waals surface area contributed by atoms with E-state index in [-0.39, 0.29) is 4.90 Å². The molecule has 0 amide bonds. The van der Waals surface area contributed by atoms with Crippen molar-refractivity contribution in [2.75, 3.05) is 19.4 Å². The predicted octanol–water partition coefficient (Wildman–Crippen LogP) is 2.01. The number of nitrogens with zero attached hydrogens (tertiary/aromatic N) is 2. The Labute approximate surface area is 117 Å². The van der Waals surface area contributed by atoms with E-state index in [9.17, 15) is 8.42 Å². The molecule has 0 saturated heterocycles. The van der Waals surface area contributed by atoms with Crippen molar-refractivity contribution in [1.29, 1.82) is 0 Å². The molecule has 0 aliphatic carbocycles. The summed E-state index contributed by atoms with van der Waals surface area (Å²) in [6, 6.07) is 6.99. The lowest BCUT2D eigenvalue weighted by atomic mass is 10.5. The molecule has 2 heterocycles. The first-order chi connectivity index (χ1) is 9.05. The standard InChI is InChI=1S/C12H15N3O2S2/c1-13-12-11(6-3-7-14-12)19(16,17)15(2)9-10-5-4-8-18-10/h3-8H,9H2,1-2H3,(H,13,14). The molecule has 102 valence electrons. The van der Waals surface area contributed by atoms with Gasteiger partial charge in [0.2, 0.25) is 10.0 Å². The highest BCUT2D eigenvalue weighted by Gasteiger charge is 2.24. The Balaban J connectivity index is 2.31. The Bertz CT molecular complexity index is 639. The monoisotopic (exact) mass is 297 g/mol. The van der Waals surface area contributed by atoms with E-state index < -0.39 is 10.0 Å². The van der Waals surface area contributed by atoms with Gasteiger partial charge >= 0.3 is 0 Å². The second kappa shape index (κ2) is 5.68. The number of rotatable bonds is 5. The lowest BCUT2D eigenvalue weighted by Gasteiger charge is -2.17. The summed E-state index contributed by atoms with van der Waals surface area (Å²) < 4.78 is 26.3. The van der Waals surface area contributed by atoms with Crippen molar-refractivity contribution in [3.63, 3.8) is 0 Å². The normalized spacial score (nSPS) is 11.7. The summed E-state index contributed by atoms with van der Waals surface area (Å²) in [5, 5.41) is 4.73. The van der Waals surface area contributed by atoms with Gasteiger partial charge in [-0.25, -0.2) is 13.4 Å². The molecule has 0 spiro atoms. The van der Waals surface area contributed by atoms with Gasteiger partial charge in [0, 0.05) is 31.7 Å². The average molecular weight is 297 g/mol. The average Bonchev–Trinajstić information content (AvgIpc) is 2.91. The molecule has 1 N–H and O–H groups in total. The summed E-state index contributed by atoms with van der Waals surface area (Å²) in [6.07, 6.45) is 1.56. The van der Waals surface area contributed by atoms with E-state index in [1.54, 1.807) is 32.4 Å². The van der Waals surface area contributed by atoms with E-state index >= 15 is 0 Å². The molecule has 0 saturated carbocycles. The molecule has 0 unspecified atom stereocenters. The van der Waals surface area contributed by atoms with Crippen LogP contribution in [0.5, 0.6) is 0 Å². The molecule has 2 aromatic rings. The highest BCUT2D eigenvalue weighted by atomic mass is 32.2. The minimum Gasteiger partial charge on any atom is -0.372 e. The van der Waals surface area contributed by atoms with Crippen molar-refractivity contribution in [2.45, 2.75) is 11.4 Å². The number of hydrogen-bond donors (Lipinski definition) is 1. The first-order valence-electron chi connectivity index (χ1n) is 5.67. The van der Waals surface area contributed by atoms with Gasteiger partial charge in [-0.3, -0.25) is 0 Å². The van der Waals surface area contributed by atoms with Crippen molar-refractivity contribution in [2.24, 2.45) is 0 Å². The highest BCUT2D eigenvalue weighted by molar-refractivity contribution is 7.89. The summed E-state index contributed by atoms with van der Waals surface area (Å²) in [5.41, 5.74) is 0. The Kier molecular flexibility index (Phi) is 4.18. The number of sulfonamides is 1. The van der Waals surface area contributed by atoms with E-state index in [4.69, 9.17) is 0 Å². The highest BCUT2D eigenvalue weighted by Crippen LogP contribution is 2.23. The maximum absolute atomic E-state index is 12.5. The Hall–Kier alpha value is -1.44. The fraction of sp³-hybridized carbons (Fsp3) is 0.250. The molecule has 0 aromatic carbocycles. The number of thiophene rings is 1. The molecule has 7 heteroatoms. The molecular weight excluding hydrogens is 282 g/mol. The van der Waals surface area contributed by atoms with E-state index in [1.807, 2.05) is 17.5 Å². The van der Waals surface area contributed by atoms with Gasteiger partial charge in [0.05, 0.1) is 0 Å². The van der Waals surface area contributed by atoms with Crippen LogP contribution in [0.2, 0.25) is 0 Å². The largest absolute Gasteiger partial charge is 0.372 e. The van der Waals surface area contributed by atoms with Crippen LogP contribution < -0.4 is 5.32 Å². The maximum atomic E-state index is 12.5. The summed E-state index contributed by atoms with van der Waals surface area (Å²) in [4.78, 5) is 5.22. The van der Waals surface area contributed by atoms with Crippen molar-refractivity contribution in [3.8, 4) is 0 Å². The van der Waals surface area contributed by atoms with Gasteiger partial charge in [0.1, 0.15) is 10.7 Å². The molecule has 0 fully saturated rings. The molecule has 0 bridgehead atoms. The fourth-order valence-electron chi connectivity index (χ4n) is 1.66. The lowest BCUT2D eigenvalue weighted by molar-refractivity contribution is 0.469. The van der Waals surface area contributed by atoms with Crippen LogP contribution in [0.4, 0.5) is 5.82 Å². The third kappa shape index (κ3) is 2.94. The number of hydrogen-bond acceptors (Lipinski definition) is 5. The maximum Gasteiger partial charge on any atom is 0.246 e. The molecule has 0 radical (unpaired) electrons. The number of anilines is 1. The molecular formula is C12H15N3O2S2. The summed E-state index contributed by atoms with van der Waals surface area (Å²) in [6.45, 7) is 0.359. The van der Waals surface area contributed by atoms with Crippen molar-refractivity contribution in [1.82, 2.24) is 9.29 Å². The van der Waals surface area contributed by atoms with Gasteiger partial charge < -0.3 is 5.32 Å². The summed E-state index contributed by atoms with van der Waals surface area (Å²) in [5.74, 6) is 0.362. The third-order valence-electron chi connectivity index (χ3n) is 2.65. The van der Waals surface area contributed by atoms with Crippen LogP contribution in [-0.2, 0) is 16.6 Å². The van der Waals surface area contributed by atoms with Crippen LogP contribution in [0.15, 0.2) is 40.7 Å². The quantitative estimate of drug-likeness (QED) is 0.917. The smallest absolute Gasteiger partial charge is 0.246 e. The van der Waals surface area contributed by atoms with Gasteiger partial charge in [0.25, 0.3) is 0 Å². The lowest BCUT2D eigenvalue weighted by Crippen LogP contribution is -2.27. The third-order valence-corrected chi connectivity index (χ3v) is 5.35. The van der Waals surface area contributed by atoms with Crippen LogP contribution in [-0.4, -0.2) is 31.8 Å². The fourth-order valence-corrected chi connectivity index (χ4v) is 3.79. The molecule has 2 rings (SSSR count). The minimum atomic E-state index is -3.54. The molecule has 5 nitrogen and oxygen atoms in total. The Morgan fingerprint density at radius 2 is 2.16 bits per heavy atom. The van der Waals surface area contributed by atoms with Gasteiger partial charge in [-0.2, -0.15) is 4.31 Å². The summed E-state index contributed by atoms with van der Waals surface area (Å²) >= 11 is 1.54. The molecule has 0 atom stereocenters. The van der Waals surface area contributed by atoms with E-state index in [1.165, 1.54) is 15.6 Å². The topological polar surface area (TPSA) is 62.3 Å². The van der Waals surface area contributed by atoms with Crippen LogP contribution >= 0.6 is 11.3 Å². The molecule has 2 aromatic heterocycles. The number of pyridine rings is 1. The first-order valence-corrected chi connectivity index (χ1v) is 7.99. The first kappa shape index (κ1) is 14.0. The van der Waals surface area contributed by atoms with Crippen LogP contribution in [0, 0.1) is 0 Å². The summed E-state index contributed by atoms with van der Waals surface area (Å²) in [7, 11) is -0.319. The van der Waals surface area contributed by atoms with Crippen molar-refractivity contribution < 1.29 is 8.42 Å². The Morgan fingerprint density at radius 3 is 2.79 bits per heavy atom. The second-order valence-corrected chi connectivity index (χ2v) is 6.99. The van der Waals surface area contributed by atoms with Gasteiger partial charge in [-0.15, -0.1) is 11.3 Å². The van der Waals surface area contributed by atoms with Gasteiger partial charge in [-0.05, 0) is 23.6 Å².